The average molecular weight is 252 g/mol. The molecule has 0 aromatic carbocycles. The molecule has 0 radical (unpaired) electrons. The number of unbranched alkanes of at least 4 members (excludes halogenated alkanes) is 6. The van der Waals surface area contributed by atoms with Crippen LogP contribution in [0.15, 0.2) is 37.0 Å². The van der Waals surface area contributed by atoms with Crippen molar-refractivity contribution in [3.8, 4) is 0 Å². The lowest BCUT2D eigenvalue weighted by molar-refractivity contribution is -0.134. The maximum absolute atomic E-state index is 9.00. The van der Waals surface area contributed by atoms with Crippen molar-refractivity contribution < 1.29 is 9.90 Å². The molecule has 0 atom stereocenters. The van der Waals surface area contributed by atoms with Crippen LogP contribution in [-0.4, -0.2) is 11.1 Å². The molecule has 0 fully saturated rings. The van der Waals surface area contributed by atoms with Crippen molar-refractivity contribution in [3.63, 3.8) is 0 Å². The van der Waals surface area contributed by atoms with Crippen LogP contribution in [0.5, 0.6) is 0 Å². The minimum atomic E-state index is -0.833. The van der Waals surface area contributed by atoms with Crippen molar-refractivity contribution in [3.05, 3.63) is 37.0 Å². The molecule has 1 N–H and O–H groups in total. The van der Waals surface area contributed by atoms with Crippen molar-refractivity contribution in [2.45, 2.75) is 58.8 Å². The molecule has 0 aliphatic carbocycles. The van der Waals surface area contributed by atoms with Gasteiger partial charge in [-0.1, -0.05) is 76.0 Å². The van der Waals surface area contributed by atoms with Crippen molar-refractivity contribution in [2.75, 3.05) is 0 Å². The normalized spacial score (nSPS) is 10.3. The van der Waals surface area contributed by atoms with Crippen molar-refractivity contribution >= 4 is 5.97 Å². The van der Waals surface area contributed by atoms with E-state index in [4.69, 9.17) is 9.90 Å². The van der Waals surface area contributed by atoms with Gasteiger partial charge in [-0.15, -0.1) is 0 Å². The van der Waals surface area contributed by atoms with Gasteiger partial charge in [0.25, 0.3) is 5.97 Å². The van der Waals surface area contributed by atoms with Crippen LogP contribution in [0.2, 0.25) is 0 Å². The second-order valence-corrected chi connectivity index (χ2v) is 4.12. The quantitative estimate of drug-likeness (QED) is 0.456. The first kappa shape index (κ1) is 19.0. The Hall–Kier alpha value is -1.31. The molecule has 0 heterocycles. The number of carboxylic acid groups (broad SMARTS) is 1. The van der Waals surface area contributed by atoms with Crippen LogP contribution in [0, 0.1) is 0 Å². The first-order chi connectivity index (χ1) is 8.65. The van der Waals surface area contributed by atoms with E-state index in [9.17, 15) is 0 Å². The van der Waals surface area contributed by atoms with Gasteiger partial charge in [-0.25, -0.2) is 0 Å². The predicted octanol–water partition coefficient (Wildman–Crippen LogP) is 5.13. The third-order valence-electron chi connectivity index (χ3n) is 2.22. The molecule has 104 valence electrons. The fraction of sp³-hybridized carbons (Fsp3) is 0.562. The second kappa shape index (κ2) is 18.1. The lowest BCUT2D eigenvalue weighted by Gasteiger charge is -1.97. The van der Waals surface area contributed by atoms with Crippen LogP contribution in [0.4, 0.5) is 0 Å². The predicted molar refractivity (Wildman–Crippen MR) is 79.8 cm³/mol. The minimum absolute atomic E-state index is 0.833. The summed E-state index contributed by atoms with van der Waals surface area (Å²) >= 11 is 0. The van der Waals surface area contributed by atoms with Gasteiger partial charge in [0.1, 0.15) is 0 Å². The van der Waals surface area contributed by atoms with Crippen molar-refractivity contribution in [1.82, 2.24) is 0 Å². The smallest absolute Gasteiger partial charge is 0.300 e. The van der Waals surface area contributed by atoms with Crippen LogP contribution >= 0.6 is 0 Å². The van der Waals surface area contributed by atoms with E-state index < -0.39 is 5.97 Å². The standard InChI is InChI=1S/C14H24.C2H4O2/c1-3-5-7-9-11-13-14-12-10-8-6-4-2;1-2(3)4/h3,5,7,9,11H,1,4,6,8,10,12-14H2,2H3;1H3,(H,3,4). The lowest BCUT2D eigenvalue weighted by Crippen LogP contribution is -1.78. The summed E-state index contributed by atoms with van der Waals surface area (Å²) in [7, 11) is 0. The highest BCUT2D eigenvalue weighted by molar-refractivity contribution is 5.62. The topological polar surface area (TPSA) is 37.3 Å². The summed E-state index contributed by atoms with van der Waals surface area (Å²) in [5.41, 5.74) is 0. The Morgan fingerprint density at radius 3 is 2.17 bits per heavy atom. The number of carbonyl (C=O) groups is 1. The van der Waals surface area contributed by atoms with Gasteiger partial charge in [0.2, 0.25) is 0 Å². The number of rotatable bonds is 9. The van der Waals surface area contributed by atoms with E-state index in [2.05, 4.69) is 25.7 Å². The molecular weight excluding hydrogens is 224 g/mol. The number of hydrogen-bond donors (Lipinski definition) is 1. The third kappa shape index (κ3) is 29.3. The summed E-state index contributed by atoms with van der Waals surface area (Å²) in [6.45, 7) is 6.96. The molecule has 0 amide bonds. The van der Waals surface area contributed by atoms with Gasteiger partial charge in [-0.3, -0.25) is 4.79 Å². The zero-order valence-corrected chi connectivity index (χ0v) is 11.9. The highest BCUT2D eigenvalue weighted by atomic mass is 16.4. The molecule has 2 nitrogen and oxygen atoms in total. The summed E-state index contributed by atoms with van der Waals surface area (Å²) < 4.78 is 0. The van der Waals surface area contributed by atoms with E-state index in [0.717, 1.165) is 6.92 Å². The van der Waals surface area contributed by atoms with E-state index >= 15 is 0 Å². The molecule has 0 saturated heterocycles. The molecule has 0 unspecified atom stereocenters. The van der Waals surface area contributed by atoms with Gasteiger partial charge in [0.15, 0.2) is 0 Å². The van der Waals surface area contributed by atoms with Crippen molar-refractivity contribution in [1.29, 1.82) is 0 Å². The first-order valence-electron chi connectivity index (χ1n) is 6.78. The number of hydrogen-bond acceptors (Lipinski definition) is 1. The average Bonchev–Trinajstić information content (AvgIpc) is 2.31. The summed E-state index contributed by atoms with van der Waals surface area (Å²) in [5, 5.41) is 7.42. The van der Waals surface area contributed by atoms with E-state index in [1.165, 1.54) is 44.9 Å². The number of aliphatic carboxylic acids is 1. The monoisotopic (exact) mass is 252 g/mol. The molecule has 2 heteroatoms. The van der Waals surface area contributed by atoms with E-state index in [1.807, 2.05) is 12.2 Å². The van der Waals surface area contributed by atoms with Gasteiger partial charge in [0.05, 0.1) is 0 Å². The van der Waals surface area contributed by atoms with Crippen molar-refractivity contribution in [2.24, 2.45) is 0 Å². The first-order valence-corrected chi connectivity index (χ1v) is 6.78. The Kier molecular flexibility index (Phi) is 19.1. The summed E-state index contributed by atoms with van der Waals surface area (Å²) in [6, 6.07) is 0. The van der Waals surface area contributed by atoms with E-state index in [0.29, 0.717) is 0 Å². The Bertz CT molecular complexity index is 235. The van der Waals surface area contributed by atoms with Crippen LogP contribution in [-0.2, 0) is 4.79 Å². The molecule has 0 aromatic heterocycles. The molecule has 0 aromatic rings. The Balaban J connectivity index is 0. The summed E-state index contributed by atoms with van der Waals surface area (Å²) in [5.74, 6) is -0.833. The van der Waals surface area contributed by atoms with Gasteiger partial charge in [-0.05, 0) is 12.8 Å². The second-order valence-electron chi connectivity index (χ2n) is 4.12. The largest absolute Gasteiger partial charge is 0.481 e. The van der Waals surface area contributed by atoms with Gasteiger partial charge >= 0.3 is 0 Å². The van der Waals surface area contributed by atoms with Crippen LogP contribution in [0.1, 0.15) is 58.8 Å². The fourth-order valence-electron chi connectivity index (χ4n) is 1.36. The van der Waals surface area contributed by atoms with Crippen LogP contribution in [0.25, 0.3) is 0 Å². The number of carboxylic acids is 1. The Morgan fingerprint density at radius 1 is 1.06 bits per heavy atom. The molecule has 0 rings (SSSR count). The molecular formula is C16H28O2. The third-order valence-corrected chi connectivity index (χ3v) is 2.22. The molecule has 18 heavy (non-hydrogen) atoms. The fourth-order valence-corrected chi connectivity index (χ4v) is 1.36. The molecule has 0 aliphatic heterocycles. The highest BCUT2D eigenvalue weighted by Crippen LogP contribution is 2.06. The maximum atomic E-state index is 9.00. The van der Waals surface area contributed by atoms with E-state index in [1.54, 1.807) is 6.08 Å². The summed E-state index contributed by atoms with van der Waals surface area (Å²) in [6.07, 6.45) is 19.6. The maximum Gasteiger partial charge on any atom is 0.300 e. The van der Waals surface area contributed by atoms with E-state index in [-0.39, 0.29) is 0 Å². The number of allylic oxidation sites excluding steroid dienone is 5. The molecule has 0 spiro atoms. The highest BCUT2D eigenvalue weighted by Gasteiger charge is 1.87. The van der Waals surface area contributed by atoms with Crippen LogP contribution < -0.4 is 0 Å². The summed E-state index contributed by atoms with van der Waals surface area (Å²) in [4.78, 5) is 9.00. The Labute approximate surface area is 112 Å². The van der Waals surface area contributed by atoms with Crippen LogP contribution in [0.3, 0.4) is 0 Å². The van der Waals surface area contributed by atoms with Gasteiger partial charge in [0, 0.05) is 6.92 Å². The molecule has 0 saturated carbocycles. The SMILES string of the molecule is C=CC=CC=CCCCCCCCC.CC(=O)O. The van der Waals surface area contributed by atoms with Gasteiger partial charge in [-0.2, -0.15) is 0 Å². The zero-order valence-electron chi connectivity index (χ0n) is 11.9. The Morgan fingerprint density at radius 2 is 1.61 bits per heavy atom. The molecule has 0 bridgehead atoms. The lowest BCUT2D eigenvalue weighted by atomic mass is 10.1. The zero-order chi connectivity index (χ0) is 14.1. The van der Waals surface area contributed by atoms with Gasteiger partial charge < -0.3 is 5.11 Å². The molecule has 0 aliphatic rings. The minimum Gasteiger partial charge on any atom is -0.481 e.